The number of benzene rings is 1. The smallest absolute Gasteiger partial charge is 0.220 e. The first-order valence-corrected chi connectivity index (χ1v) is 7.16. The summed E-state index contributed by atoms with van der Waals surface area (Å²) in [4.78, 5) is 8.79. The summed E-state index contributed by atoms with van der Waals surface area (Å²) in [6.45, 7) is 0. The first-order chi connectivity index (χ1) is 9.92. The number of hydrogen-bond donors (Lipinski definition) is 0. The molecule has 0 atom stereocenters. The van der Waals surface area contributed by atoms with E-state index in [-0.39, 0.29) is 0 Å². The van der Waals surface area contributed by atoms with Crippen LogP contribution in [0.15, 0.2) is 59.4 Å². The van der Waals surface area contributed by atoms with E-state index >= 15 is 0 Å². The molecule has 0 unspecified atom stereocenters. The molecule has 1 aromatic carbocycles. The van der Waals surface area contributed by atoms with Gasteiger partial charge in [-0.3, -0.25) is 0 Å². The molecular formula is C15H10N4S. The fraction of sp³-hybridized carbons (Fsp3) is 0. The second kappa shape index (κ2) is 4.54. The maximum atomic E-state index is 4.59. The first kappa shape index (κ1) is 11.3. The lowest BCUT2D eigenvalue weighted by Crippen LogP contribution is -1.94. The van der Waals surface area contributed by atoms with Crippen molar-refractivity contribution >= 4 is 17.1 Å². The summed E-state index contributed by atoms with van der Waals surface area (Å²) >= 11 is 1.66. The van der Waals surface area contributed by atoms with E-state index < -0.39 is 0 Å². The van der Waals surface area contributed by atoms with Crippen LogP contribution in [0.1, 0.15) is 0 Å². The predicted molar refractivity (Wildman–Crippen MR) is 79.5 cm³/mol. The van der Waals surface area contributed by atoms with Gasteiger partial charge in [0, 0.05) is 22.7 Å². The highest BCUT2D eigenvalue weighted by Gasteiger charge is 2.11. The predicted octanol–water partition coefficient (Wildman–Crippen LogP) is 3.52. The Kier molecular flexibility index (Phi) is 2.57. The summed E-state index contributed by atoms with van der Waals surface area (Å²) in [7, 11) is 0. The molecule has 4 rings (SSSR count). The summed E-state index contributed by atoms with van der Waals surface area (Å²) in [5, 5.41) is 8.73. The number of aromatic nitrogens is 4. The minimum atomic E-state index is 0.618. The molecule has 0 saturated heterocycles. The van der Waals surface area contributed by atoms with Crippen LogP contribution in [-0.4, -0.2) is 19.6 Å². The Hall–Kier alpha value is -2.53. The highest BCUT2D eigenvalue weighted by atomic mass is 32.1. The van der Waals surface area contributed by atoms with E-state index in [9.17, 15) is 0 Å². The molecule has 4 nitrogen and oxygen atoms in total. The van der Waals surface area contributed by atoms with Crippen molar-refractivity contribution in [1.29, 1.82) is 0 Å². The SMILES string of the molecule is c1ccc(-c2nc3nccc(-c4ccsc4)n3n2)cc1. The Bertz CT molecular complexity index is 850. The van der Waals surface area contributed by atoms with Crippen molar-refractivity contribution in [2.24, 2.45) is 0 Å². The Morgan fingerprint density at radius 3 is 2.65 bits per heavy atom. The van der Waals surface area contributed by atoms with Gasteiger partial charge in [-0.25, -0.2) is 4.98 Å². The molecular weight excluding hydrogens is 268 g/mol. The van der Waals surface area contributed by atoms with E-state index in [1.165, 1.54) is 0 Å². The van der Waals surface area contributed by atoms with Crippen LogP contribution in [0.3, 0.4) is 0 Å². The highest BCUT2D eigenvalue weighted by Crippen LogP contribution is 2.23. The molecule has 96 valence electrons. The standard InChI is InChI=1S/C15H10N4S/c1-2-4-11(5-3-1)14-17-15-16-8-6-13(19(15)18-14)12-7-9-20-10-12/h1-10H. The summed E-state index contributed by atoms with van der Waals surface area (Å²) in [5.74, 6) is 1.31. The second-order valence-electron chi connectivity index (χ2n) is 4.36. The Morgan fingerprint density at radius 1 is 0.950 bits per heavy atom. The summed E-state index contributed by atoms with van der Waals surface area (Å²) in [6.07, 6.45) is 1.77. The van der Waals surface area contributed by atoms with Crippen LogP contribution in [0.5, 0.6) is 0 Å². The van der Waals surface area contributed by atoms with Crippen molar-refractivity contribution in [2.45, 2.75) is 0 Å². The highest BCUT2D eigenvalue weighted by molar-refractivity contribution is 7.08. The Labute approximate surface area is 119 Å². The van der Waals surface area contributed by atoms with Crippen molar-refractivity contribution in [2.75, 3.05) is 0 Å². The zero-order valence-corrected chi connectivity index (χ0v) is 11.3. The molecule has 0 N–H and O–H groups in total. The minimum absolute atomic E-state index is 0.618. The van der Waals surface area contributed by atoms with Gasteiger partial charge in [-0.15, -0.1) is 5.10 Å². The topological polar surface area (TPSA) is 43.1 Å². The Balaban J connectivity index is 1.94. The van der Waals surface area contributed by atoms with Crippen molar-refractivity contribution in [3.63, 3.8) is 0 Å². The van der Waals surface area contributed by atoms with E-state index in [1.54, 1.807) is 22.0 Å². The fourth-order valence-corrected chi connectivity index (χ4v) is 2.78. The molecule has 3 aromatic heterocycles. The van der Waals surface area contributed by atoms with Crippen LogP contribution < -0.4 is 0 Å². The molecule has 20 heavy (non-hydrogen) atoms. The van der Waals surface area contributed by atoms with E-state index in [4.69, 9.17) is 0 Å². The van der Waals surface area contributed by atoms with Crippen LogP contribution in [-0.2, 0) is 0 Å². The Morgan fingerprint density at radius 2 is 1.85 bits per heavy atom. The van der Waals surface area contributed by atoms with Crippen LogP contribution in [0.25, 0.3) is 28.4 Å². The third-order valence-corrected chi connectivity index (χ3v) is 3.77. The number of hydrogen-bond acceptors (Lipinski definition) is 4. The summed E-state index contributed by atoms with van der Waals surface area (Å²) < 4.78 is 1.80. The van der Waals surface area contributed by atoms with Crippen molar-refractivity contribution in [3.05, 3.63) is 59.4 Å². The molecule has 0 aliphatic rings. The average molecular weight is 278 g/mol. The third-order valence-electron chi connectivity index (χ3n) is 3.09. The monoisotopic (exact) mass is 278 g/mol. The molecule has 0 bridgehead atoms. The molecule has 0 spiro atoms. The lowest BCUT2D eigenvalue weighted by atomic mass is 10.2. The van der Waals surface area contributed by atoms with Gasteiger partial charge in [0.1, 0.15) is 0 Å². The lowest BCUT2D eigenvalue weighted by Gasteiger charge is -1.99. The molecule has 0 aliphatic carbocycles. The maximum Gasteiger partial charge on any atom is 0.253 e. The maximum absolute atomic E-state index is 4.59. The number of fused-ring (bicyclic) bond motifs is 1. The van der Waals surface area contributed by atoms with Crippen LogP contribution in [0.2, 0.25) is 0 Å². The second-order valence-corrected chi connectivity index (χ2v) is 5.14. The number of thiophene rings is 1. The molecule has 0 aliphatic heterocycles. The van der Waals surface area contributed by atoms with E-state index in [0.29, 0.717) is 11.6 Å². The molecule has 0 fully saturated rings. The van der Waals surface area contributed by atoms with Gasteiger partial charge < -0.3 is 0 Å². The van der Waals surface area contributed by atoms with Gasteiger partial charge in [-0.05, 0) is 17.5 Å². The van der Waals surface area contributed by atoms with Gasteiger partial charge >= 0.3 is 0 Å². The van der Waals surface area contributed by atoms with Crippen LogP contribution >= 0.6 is 11.3 Å². The van der Waals surface area contributed by atoms with Crippen molar-refractivity contribution in [1.82, 2.24) is 19.6 Å². The average Bonchev–Trinajstić information content (AvgIpc) is 3.17. The summed E-state index contributed by atoms with van der Waals surface area (Å²) in [5.41, 5.74) is 3.13. The zero-order chi connectivity index (χ0) is 13.4. The van der Waals surface area contributed by atoms with Crippen molar-refractivity contribution in [3.8, 4) is 22.6 Å². The van der Waals surface area contributed by atoms with E-state index in [2.05, 4.69) is 31.9 Å². The van der Waals surface area contributed by atoms with Gasteiger partial charge in [0.05, 0.1) is 5.69 Å². The molecule has 3 heterocycles. The molecule has 0 radical (unpaired) electrons. The number of rotatable bonds is 2. The van der Waals surface area contributed by atoms with E-state index in [0.717, 1.165) is 16.8 Å². The lowest BCUT2D eigenvalue weighted by molar-refractivity contribution is 0.952. The number of nitrogens with zero attached hydrogens (tertiary/aromatic N) is 4. The van der Waals surface area contributed by atoms with Gasteiger partial charge in [-0.2, -0.15) is 20.8 Å². The van der Waals surface area contributed by atoms with Gasteiger partial charge in [0.2, 0.25) is 0 Å². The molecule has 4 aromatic rings. The van der Waals surface area contributed by atoms with E-state index in [1.807, 2.05) is 36.4 Å². The molecule has 0 amide bonds. The van der Waals surface area contributed by atoms with Gasteiger partial charge in [0.25, 0.3) is 5.78 Å². The first-order valence-electron chi connectivity index (χ1n) is 6.21. The molecule has 5 heteroatoms. The van der Waals surface area contributed by atoms with Crippen LogP contribution in [0, 0.1) is 0 Å². The largest absolute Gasteiger partial charge is 0.253 e. The van der Waals surface area contributed by atoms with Gasteiger partial charge in [0.15, 0.2) is 5.82 Å². The minimum Gasteiger partial charge on any atom is -0.220 e. The summed E-state index contributed by atoms with van der Waals surface area (Å²) in [6, 6.07) is 14.0. The zero-order valence-electron chi connectivity index (χ0n) is 10.5. The fourth-order valence-electron chi connectivity index (χ4n) is 2.13. The molecule has 0 saturated carbocycles. The van der Waals surface area contributed by atoms with Gasteiger partial charge in [-0.1, -0.05) is 30.3 Å². The quantitative estimate of drug-likeness (QED) is 0.563. The third kappa shape index (κ3) is 1.80. The normalized spacial score (nSPS) is 11.0. The van der Waals surface area contributed by atoms with Crippen LogP contribution in [0.4, 0.5) is 0 Å². The van der Waals surface area contributed by atoms with Crippen molar-refractivity contribution < 1.29 is 0 Å².